The van der Waals surface area contributed by atoms with Crippen molar-refractivity contribution in [2.45, 2.75) is 11.8 Å². The Bertz CT molecular complexity index is 1160. The van der Waals surface area contributed by atoms with Crippen LogP contribution in [0, 0.1) is 5.82 Å². The second kappa shape index (κ2) is 9.19. The molecule has 0 radical (unpaired) electrons. The molecule has 0 aliphatic carbocycles. The molecular weight excluding hydrogens is 429 g/mol. The summed E-state index contributed by atoms with van der Waals surface area (Å²) < 4.78 is 42.9. The number of carbonyl (C=O) groups is 2. The van der Waals surface area contributed by atoms with E-state index in [4.69, 9.17) is 4.74 Å². The molecule has 0 bridgehead atoms. The molecule has 0 unspecified atom stereocenters. The van der Waals surface area contributed by atoms with Crippen LogP contribution >= 0.6 is 11.3 Å². The van der Waals surface area contributed by atoms with Gasteiger partial charge in [-0.1, -0.05) is 30.3 Å². The van der Waals surface area contributed by atoms with Gasteiger partial charge < -0.3 is 10.1 Å². The SMILES string of the molecule is CCOC(=O)c1sc(-c2ccccc2)cc1NC(=O)CS(=O)(=O)c1ccc(F)cc1. The van der Waals surface area contributed by atoms with E-state index < -0.39 is 33.3 Å². The molecule has 9 heteroatoms. The summed E-state index contributed by atoms with van der Waals surface area (Å²) in [7, 11) is -3.98. The molecule has 2 aromatic carbocycles. The molecule has 3 aromatic rings. The van der Waals surface area contributed by atoms with Crippen molar-refractivity contribution in [1.82, 2.24) is 0 Å². The van der Waals surface area contributed by atoms with Crippen molar-refractivity contribution in [3.05, 3.63) is 71.4 Å². The normalized spacial score (nSPS) is 11.1. The van der Waals surface area contributed by atoms with Gasteiger partial charge in [-0.2, -0.15) is 0 Å². The third-order valence-electron chi connectivity index (χ3n) is 4.02. The van der Waals surface area contributed by atoms with Gasteiger partial charge in [0.1, 0.15) is 16.4 Å². The molecule has 1 N–H and O–H groups in total. The highest BCUT2D eigenvalue weighted by Crippen LogP contribution is 2.35. The Kier molecular flexibility index (Phi) is 6.63. The second-order valence-corrected chi connectivity index (χ2v) is 9.24. The Morgan fingerprint density at radius 1 is 1.07 bits per heavy atom. The van der Waals surface area contributed by atoms with E-state index in [1.54, 1.807) is 13.0 Å². The van der Waals surface area contributed by atoms with Crippen LogP contribution in [-0.4, -0.2) is 32.7 Å². The maximum absolute atomic E-state index is 13.0. The quantitative estimate of drug-likeness (QED) is 0.434. The smallest absolute Gasteiger partial charge is 0.350 e. The third kappa shape index (κ3) is 5.11. The van der Waals surface area contributed by atoms with Crippen molar-refractivity contribution in [2.75, 3.05) is 17.7 Å². The second-order valence-electron chi connectivity index (χ2n) is 6.20. The van der Waals surface area contributed by atoms with Crippen LogP contribution in [0.3, 0.4) is 0 Å². The zero-order valence-electron chi connectivity index (χ0n) is 15.9. The van der Waals surface area contributed by atoms with Gasteiger partial charge in [-0.05, 0) is 42.8 Å². The van der Waals surface area contributed by atoms with E-state index in [1.807, 2.05) is 30.3 Å². The highest BCUT2D eigenvalue weighted by molar-refractivity contribution is 7.92. The minimum absolute atomic E-state index is 0.156. The Morgan fingerprint density at radius 3 is 2.37 bits per heavy atom. The van der Waals surface area contributed by atoms with E-state index in [2.05, 4.69) is 5.32 Å². The number of carbonyl (C=O) groups excluding carboxylic acids is 2. The lowest BCUT2D eigenvalue weighted by Crippen LogP contribution is -2.23. The number of esters is 1. The Labute approximate surface area is 177 Å². The number of ether oxygens (including phenoxy) is 1. The van der Waals surface area contributed by atoms with Crippen LogP contribution in [0.2, 0.25) is 0 Å². The van der Waals surface area contributed by atoms with Crippen LogP contribution in [0.1, 0.15) is 16.6 Å². The standard InChI is InChI=1S/C21H18FNO5S2/c1-2-28-21(25)20-17(12-18(29-20)14-6-4-3-5-7-14)23-19(24)13-30(26,27)16-10-8-15(22)9-11-16/h3-12H,2,13H2,1H3,(H,23,24). The van der Waals surface area contributed by atoms with Crippen LogP contribution in [0.4, 0.5) is 10.1 Å². The molecule has 30 heavy (non-hydrogen) atoms. The summed E-state index contributed by atoms with van der Waals surface area (Å²) in [6.45, 7) is 1.82. The largest absolute Gasteiger partial charge is 0.462 e. The first-order valence-corrected chi connectivity index (χ1v) is 11.4. The lowest BCUT2D eigenvalue weighted by molar-refractivity contribution is -0.113. The van der Waals surface area contributed by atoms with Crippen LogP contribution < -0.4 is 5.32 Å². The minimum atomic E-state index is -3.98. The summed E-state index contributed by atoms with van der Waals surface area (Å²) in [6, 6.07) is 15.1. The van der Waals surface area contributed by atoms with Crippen molar-refractivity contribution in [2.24, 2.45) is 0 Å². The van der Waals surface area contributed by atoms with Gasteiger partial charge in [0.15, 0.2) is 9.84 Å². The molecule has 1 amide bonds. The van der Waals surface area contributed by atoms with E-state index in [9.17, 15) is 22.4 Å². The summed E-state index contributed by atoms with van der Waals surface area (Å²) in [5.41, 5.74) is 1.02. The van der Waals surface area contributed by atoms with Gasteiger partial charge in [-0.3, -0.25) is 4.79 Å². The average molecular weight is 448 g/mol. The summed E-state index contributed by atoms with van der Waals surface area (Å²) in [5, 5.41) is 2.49. The van der Waals surface area contributed by atoms with Crippen LogP contribution in [0.25, 0.3) is 10.4 Å². The van der Waals surface area contributed by atoms with E-state index in [-0.39, 0.29) is 22.1 Å². The fourth-order valence-corrected chi connectivity index (χ4v) is 4.81. The summed E-state index contributed by atoms with van der Waals surface area (Å²) in [4.78, 5) is 25.5. The van der Waals surface area contributed by atoms with Crippen molar-refractivity contribution >= 4 is 38.7 Å². The van der Waals surface area contributed by atoms with E-state index in [0.29, 0.717) is 0 Å². The number of hydrogen-bond donors (Lipinski definition) is 1. The molecule has 156 valence electrons. The number of hydrogen-bond acceptors (Lipinski definition) is 6. The molecule has 0 aliphatic rings. The van der Waals surface area contributed by atoms with Crippen molar-refractivity contribution < 1.29 is 27.1 Å². The summed E-state index contributed by atoms with van der Waals surface area (Å²) in [6.07, 6.45) is 0. The molecule has 1 heterocycles. The first-order valence-electron chi connectivity index (χ1n) is 8.94. The van der Waals surface area contributed by atoms with Gasteiger partial charge in [0.05, 0.1) is 17.2 Å². The van der Waals surface area contributed by atoms with Crippen molar-refractivity contribution in [3.8, 4) is 10.4 Å². The van der Waals surface area contributed by atoms with Crippen molar-refractivity contribution in [3.63, 3.8) is 0 Å². The molecule has 0 atom stereocenters. The number of nitrogens with one attached hydrogen (secondary N) is 1. The fraction of sp³-hybridized carbons (Fsp3) is 0.143. The Morgan fingerprint density at radius 2 is 1.73 bits per heavy atom. The summed E-state index contributed by atoms with van der Waals surface area (Å²) >= 11 is 1.14. The molecule has 3 rings (SSSR count). The highest BCUT2D eigenvalue weighted by Gasteiger charge is 2.23. The molecule has 0 saturated carbocycles. The third-order valence-corrected chi connectivity index (χ3v) is 6.82. The lowest BCUT2D eigenvalue weighted by Gasteiger charge is -2.07. The van der Waals surface area contributed by atoms with Crippen LogP contribution in [0.5, 0.6) is 0 Å². The Hall–Kier alpha value is -3.04. The average Bonchev–Trinajstić information content (AvgIpc) is 3.12. The molecular formula is C21H18FNO5S2. The first kappa shape index (κ1) is 21.7. The topological polar surface area (TPSA) is 89.5 Å². The minimum Gasteiger partial charge on any atom is -0.462 e. The molecule has 0 saturated heterocycles. The van der Waals surface area contributed by atoms with Crippen LogP contribution in [-0.2, 0) is 19.4 Å². The van der Waals surface area contributed by atoms with E-state index in [0.717, 1.165) is 46.0 Å². The predicted octanol–water partition coefficient (Wildman–Crippen LogP) is 4.14. The van der Waals surface area contributed by atoms with Gasteiger partial charge in [0, 0.05) is 4.88 Å². The zero-order chi connectivity index (χ0) is 21.7. The van der Waals surface area contributed by atoms with E-state index >= 15 is 0 Å². The van der Waals surface area contributed by atoms with Crippen LogP contribution in [0.15, 0.2) is 65.6 Å². The fourth-order valence-electron chi connectivity index (χ4n) is 2.66. The molecule has 6 nitrogen and oxygen atoms in total. The summed E-state index contributed by atoms with van der Waals surface area (Å²) in [5.74, 6) is -2.86. The number of halogens is 1. The van der Waals surface area contributed by atoms with Gasteiger partial charge in [0.25, 0.3) is 0 Å². The van der Waals surface area contributed by atoms with Gasteiger partial charge >= 0.3 is 5.97 Å². The van der Waals surface area contributed by atoms with Crippen molar-refractivity contribution in [1.29, 1.82) is 0 Å². The zero-order valence-corrected chi connectivity index (χ0v) is 17.6. The maximum atomic E-state index is 13.0. The number of amides is 1. The first-order chi connectivity index (χ1) is 14.3. The number of thiophene rings is 1. The highest BCUT2D eigenvalue weighted by atomic mass is 32.2. The predicted molar refractivity (Wildman–Crippen MR) is 113 cm³/mol. The molecule has 0 aliphatic heterocycles. The maximum Gasteiger partial charge on any atom is 0.350 e. The Balaban J connectivity index is 1.85. The number of benzene rings is 2. The molecule has 0 spiro atoms. The van der Waals surface area contributed by atoms with Gasteiger partial charge in [-0.15, -0.1) is 11.3 Å². The van der Waals surface area contributed by atoms with Gasteiger partial charge in [-0.25, -0.2) is 17.6 Å². The number of anilines is 1. The van der Waals surface area contributed by atoms with Gasteiger partial charge in [0.2, 0.25) is 5.91 Å². The monoisotopic (exact) mass is 447 g/mol. The number of sulfone groups is 1. The van der Waals surface area contributed by atoms with E-state index in [1.165, 1.54) is 0 Å². The number of rotatable bonds is 7. The molecule has 1 aromatic heterocycles. The molecule has 0 fully saturated rings. The lowest BCUT2D eigenvalue weighted by atomic mass is 10.2.